The van der Waals surface area contributed by atoms with Crippen LogP contribution in [0.2, 0.25) is 0 Å². The minimum Gasteiger partial charge on any atom is -0.304 e. The summed E-state index contributed by atoms with van der Waals surface area (Å²) in [6.07, 6.45) is 0.631. The Balaban J connectivity index is 3.35. The van der Waals surface area contributed by atoms with Crippen LogP contribution < -0.4 is 0 Å². The summed E-state index contributed by atoms with van der Waals surface area (Å²) in [5.74, 6) is 0. The molecule has 0 fully saturated rings. The van der Waals surface area contributed by atoms with Crippen LogP contribution in [0.15, 0.2) is 0 Å². The molecule has 13 heavy (non-hydrogen) atoms. The van der Waals surface area contributed by atoms with E-state index in [-0.39, 0.29) is 0 Å². The molecule has 0 rings (SSSR count). The number of halogens is 1. The molecule has 0 N–H and O–H groups in total. The molecule has 4 heteroatoms. The first-order chi connectivity index (χ1) is 6.20. The molecular formula is C9H18IN3. The molecule has 0 aromatic rings. The van der Waals surface area contributed by atoms with Crippen LogP contribution in [0.4, 0.5) is 0 Å². The van der Waals surface area contributed by atoms with Gasteiger partial charge >= 0.3 is 0 Å². The summed E-state index contributed by atoms with van der Waals surface area (Å²) in [6.45, 7) is 4.17. The second-order valence-electron chi connectivity index (χ2n) is 3.20. The smallest absolute Gasteiger partial charge is 0.0635 e. The largest absolute Gasteiger partial charge is 0.304 e. The van der Waals surface area contributed by atoms with E-state index in [0.29, 0.717) is 6.42 Å². The number of hydrogen-bond donors (Lipinski definition) is 0. The maximum Gasteiger partial charge on any atom is 0.0635 e. The maximum atomic E-state index is 8.39. The minimum absolute atomic E-state index is 0.631. The summed E-state index contributed by atoms with van der Waals surface area (Å²) in [5.41, 5.74) is 0. The third-order valence-corrected chi connectivity index (χ3v) is 2.42. The van der Waals surface area contributed by atoms with E-state index < -0.39 is 0 Å². The van der Waals surface area contributed by atoms with Crippen molar-refractivity contribution in [3.63, 3.8) is 0 Å². The highest BCUT2D eigenvalue weighted by molar-refractivity contribution is 14.1. The quantitative estimate of drug-likeness (QED) is 0.522. The zero-order valence-corrected chi connectivity index (χ0v) is 10.6. The van der Waals surface area contributed by atoms with Crippen LogP contribution in [0.1, 0.15) is 6.42 Å². The van der Waals surface area contributed by atoms with Crippen molar-refractivity contribution in [3.8, 4) is 6.07 Å². The average molecular weight is 295 g/mol. The highest BCUT2D eigenvalue weighted by Crippen LogP contribution is 1.90. The van der Waals surface area contributed by atoms with Gasteiger partial charge in [0.1, 0.15) is 0 Å². The van der Waals surface area contributed by atoms with Gasteiger partial charge in [-0.3, -0.25) is 0 Å². The zero-order chi connectivity index (χ0) is 10.1. The van der Waals surface area contributed by atoms with Gasteiger partial charge in [0.25, 0.3) is 0 Å². The number of hydrogen-bond acceptors (Lipinski definition) is 3. The molecular weight excluding hydrogens is 277 g/mol. The van der Waals surface area contributed by atoms with E-state index in [1.807, 2.05) is 0 Å². The highest BCUT2D eigenvalue weighted by atomic mass is 127. The molecule has 0 saturated heterocycles. The van der Waals surface area contributed by atoms with Gasteiger partial charge in [-0.15, -0.1) is 0 Å². The summed E-state index contributed by atoms with van der Waals surface area (Å²) in [6, 6.07) is 2.15. The summed E-state index contributed by atoms with van der Waals surface area (Å²) in [5, 5.41) is 8.39. The van der Waals surface area contributed by atoms with Crippen LogP contribution in [-0.4, -0.2) is 54.5 Å². The second-order valence-corrected chi connectivity index (χ2v) is 4.28. The Morgan fingerprint density at radius 2 is 1.62 bits per heavy atom. The lowest BCUT2D eigenvalue weighted by atomic mass is 10.4. The van der Waals surface area contributed by atoms with Crippen molar-refractivity contribution in [1.82, 2.24) is 9.80 Å². The maximum absolute atomic E-state index is 8.39. The van der Waals surface area contributed by atoms with Crippen molar-refractivity contribution in [2.24, 2.45) is 0 Å². The van der Waals surface area contributed by atoms with E-state index in [1.54, 1.807) is 0 Å². The Morgan fingerprint density at radius 3 is 2.08 bits per heavy atom. The predicted molar refractivity (Wildman–Crippen MR) is 64.1 cm³/mol. The standard InChI is InChI=1S/C9H18IN3/c1-12(6-3-5-11)8-9-13(2)7-4-10/h3-4,6-9H2,1-2H3. The molecule has 0 aromatic heterocycles. The molecule has 0 amide bonds. The zero-order valence-electron chi connectivity index (χ0n) is 8.46. The molecule has 0 atom stereocenters. The normalized spacial score (nSPS) is 10.8. The van der Waals surface area contributed by atoms with Crippen LogP contribution >= 0.6 is 22.6 Å². The molecule has 0 aliphatic heterocycles. The second kappa shape index (κ2) is 8.73. The number of nitrogens with zero attached hydrogens (tertiary/aromatic N) is 3. The van der Waals surface area contributed by atoms with Gasteiger partial charge in [0.05, 0.1) is 6.07 Å². The van der Waals surface area contributed by atoms with Gasteiger partial charge in [0.15, 0.2) is 0 Å². The number of likely N-dealkylation sites (N-methyl/N-ethyl adjacent to an activating group) is 2. The Morgan fingerprint density at radius 1 is 1.08 bits per heavy atom. The predicted octanol–water partition coefficient (Wildman–Crippen LogP) is 1.20. The lowest BCUT2D eigenvalue weighted by Crippen LogP contribution is -2.32. The van der Waals surface area contributed by atoms with E-state index in [4.69, 9.17) is 5.26 Å². The number of rotatable bonds is 7. The van der Waals surface area contributed by atoms with Crippen LogP contribution in [0, 0.1) is 11.3 Å². The fraction of sp³-hybridized carbons (Fsp3) is 0.889. The highest BCUT2D eigenvalue weighted by Gasteiger charge is 2.00. The third-order valence-electron chi connectivity index (χ3n) is 1.94. The van der Waals surface area contributed by atoms with Gasteiger partial charge < -0.3 is 9.80 Å². The molecule has 0 saturated carbocycles. The Kier molecular flexibility index (Phi) is 8.82. The topological polar surface area (TPSA) is 30.3 Å². The van der Waals surface area contributed by atoms with Gasteiger partial charge in [-0.25, -0.2) is 0 Å². The van der Waals surface area contributed by atoms with Gasteiger partial charge in [0, 0.05) is 37.0 Å². The van der Waals surface area contributed by atoms with Crippen molar-refractivity contribution < 1.29 is 0 Å². The van der Waals surface area contributed by atoms with Gasteiger partial charge in [0.2, 0.25) is 0 Å². The van der Waals surface area contributed by atoms with Crippen LogP contribution in [0.3, 0.4) is 0 Å². The first-order valence-electron chi connectivity index (χ1n) is 4.50. The Bertz CT molecular complexity index is 155. The monoisotopic (exact) mass is 295 g/mol. The molecule has 0 aliphatic carbocycles. The molecule has 0 bridgehead atoms. The first-order valence-corrected chi connectivity index (χ1v) is 6.03. The van der Waals surface area contributed by atoms with Crippen molar-refractivity contribution in [3.05, 3.63) is 0 Å². The molecule has 0 spiro atoms. The minimum atomic E-state index is 0.631. The van der Waals surface area contributed by atoms with Crippen LogP contribution in [-0.2, 0) is 0 Å². The summed E-state index contributed by atoms with van der Waals surface area (Å²) < 4.78 is 1.18. The number of alkyl halides is 1. The lowest BCUT2D eigenvalue weighted by Gasteiger charge is -2.20. The van der Waals surface area contributed by atoms with E-state index in [2.05, 4.69) is 52.6 Å². The van der Waals surface area contributed by atoms with Gasteiger partial charge in [-0.2, -0.15) is 5.26 Å². The lowest BCUT2D eigenvalue weighted by molar-refractivity contribution is 0.269. The molecule has 0 heterocycles. The SMILES string of the molecule is CN(CCI)CCN(C)CCC#N. The van der Waals surface area contributed by atoms with Crippen LogP contribution in [0.5, 0.6) is 0 Å². The van der Waals surface area contributed by atoms with E-state index >= 15 is 0 Å². The van der Waals surface area contributed by atoms with Crippen molar-refractivity contribution >= 4 is 22.6 Å². The Hall–Kier alpha value is 0.140. The average Bonchev–Trinajstić information content (AvgIpc) is 2.12. The van der Waals surface area contributed by atoms with E-state index in [1.165, 1.54) is 4.43 Å². The van der Waals surface area contributed by atoms with Gasteiger partial charge in [-0.1, -0.05) is 22.6 Å². The summed E-state index contributed by atoms with van der Waals surface area (Å²) in [7, 11) is 4.20. The van der Waals surface area contributed by atoms with Crippen molar-refractivity contribution in [2.75, 3.05) is 44.7 Å². The molecule has 0 unspecified atom stereocenters. The summed E-state index contributed by atoms with van der Waals surface area (Å²) in [4.78, 5) is 4.52. The number of nitriles is 1. The molecule has 0 aliphatic rings. The molecule has 3 nitrogen and oxygen atoms in total. The molecule has 76 valence electrons. The van der Waals surface area contributed by atoms with Crippen molar-refractivity contribution in [1.29, 1.82) is 5.26 Å². The van der Waals surface area contributed by atoms with Crippen molar-refractivity contribution in [2.45, 2.75) is 6.42 Å². The summed E-state index contributed by atoms with van der Waals surface area (Å²) >= 11 is 2.38. The Labute approximate surface area is 94.8 Å². The van der Waals surface area contributed by atoms with E-state index in [0.717, 1.165) is 26.2 Å². The third kappa shape index (κ3) is 8.47. The van der Waals surface area contributed by atoms with Gasteiger partial charge in [-0.05, 0) is 14.1 Å². The first kappa shape index (κ1) is 13.1. The fourth-order valence-electron chi connectivity index (χ4n) is 0.950. The molecule has 0 aromatic carbocycles. The van der Waals surface area contributed by atoms with Crippen LogP contribution in [0.25, 0.3) is 0 Å². The molecule has 0 radical (unpaired) electrons. The van der Waals surface area contributed by atoms with E-state index in [9.17, 15) is 0 Å². The fourth-order valence-corrected chi connectivity index (χ4v) is 1.77.